The number of halogens is 3. The zero-order valence-electron chi connectivity index (χ0n) is 15.4. The summed E-state index contributed by atoms with van der Waals surface area (Å²) < 4.78 is 38.4. The highest BCUT2D eigenvalue weighted by atomic mass is 19.4. The molecule has 0 aliphatic rings. The number of anilines is 2. The Balaban J connectivity index is 1.71. The molecule has 29 heavy (non-hydrogen) atoms. The molecule has 0 aromatic heterocycles. The van der Waals surface area contributed by atoms with Crippen molar-refractivity contribution in [2.24, 2.45) is 0 Å². The van der Waals surface area contributed by atoms with Crippen LogP contribution < -0.4 is 10.2 Å². The van der Waals surface area contributed by atoms with Crippen LogP contribution in [0.3, 0.4) is 0 Å². The maximum Gasteiger partial charge on any atom is 0.416 e. The largest absolute Gasteiger partial charge is 0.416 e. The van der Waals surface area contributed by atoms with Gasteiger partial charge in [-0.15, -0.1) is 0 Å². The Labute approximate surface area is 165 Å². The van der Waals surface area contributed by atoms with Crippen molar-refractivity contribution in [1.82, 2.24) is 0 Å². The molecule has 0 aliphatic heterocycles. The summed E-state index contributed by atoms with van der Waals surface area (Å²) in [7, 11) is 1.64. The number of carbonyl (C=O) groups excluding carboxylic acids is 2. The van der Waals surface area contributed by atoms with E-state index in [1.54, 1.807) is 19.2 Å². The summed E-state index contributed by atoms with van der Waals surface area (Å²) in [5, 5.41) is 2.43. The fourth-order valence-corrected chi connectivity index (χ4v) is 2.70. The Morgan fingerprint density at radius 1 is 0.828 bits per heavy atom. The van der Waals surface area contributed by atoms with E-state index < -0.39 is 17.6 Å². The van der Waals surface area contributed by atoms with E-state index in [4.69, 9.17) is 0 Å². The molecule has 0 radical (unpaired) electrons. The third-order valence-electron chi connectivity index (χ3n) is 4.29. The molecule has 1 N–H and O–H groups in total. The third-order valence-corrected chi connectivity index (χ3v) is 4.29. The van der Waals surface area contributed by atoms with Crippen LogP contribution in [0.4, 0.5) is 24.5 Å². The smallest absolute Gasteiger partial charge is 0.322 e. The number of hydrogen-bond donors (Lipinski definition) is 1. The maximum absolute atomic E-state index is 12.8. The van der Waals surface area contributed by atoms with Gasteiger partial charge in [0.15, 0.2) is 0 Å². The number of nitrogens with one attached hydrogen (secondary N) is 1. The van der Waals surface area contributed by atoms with Crippen molar-refractivity contribution >= 4 is 23.2 Å². The Bertz CT molecular complexity index is 1020. The number of hydrogen-bond acceptors (Lipinski definition) is 2. The Morgan fingerprint density at radius 3 is 2.07 bits per heavy atom. The lowest BCUT2D eigenvalue weighted by molar-refractivity contribution is -0.137. The van der Waals surface area contributed by atoms with E-state index in [1.807, 2.05) is 18.2 Å². The van der Waals surface area contributed by atoms with Gasteiger partial charge in [-0.05, 0) is 54.6 Å². The van der Waals surface area contributed by atoms with E-state index in [0.717, 1.165) is 17.8 Å². The van der Waals surface area contributed by atoms with Crippen LogP contribution in [0.25, 0.3) is 0 Å². The van der Waals surface area contributed by atoms with Gasteiger partial charge in [-0.2, -0.15) is 13.2 Å². The Hall–Kier alpha value is -3.61. The summed E-state index contributed by atoms with van der Waals surface area (Å²) in [6.45, 7) is 0. The molecule has 0 unspecified atom stereocenters. The molecule has 0 fully saturated rings. The van der Waals surface area contributed by atoms with E-state index in [9.17, 15) is 22.8 Å². The van der Waals surface area contributed by atoms with Gasteiger partial charge in [-0.3, -0.25) is 9.59 Å². The molecule has 3 aromatic carbocycles. The van der Waals surface area contributed by atoms with Crippen LogP contribution in [-0.2, 0) is 6.18 Å². The number of amides is 2. The second-order valence-electron chi connectivity index (χ2n) is 6.31. The summed E-state index contributed by atoms with van der Waals surface area (Å²) in [6.07, 6.45) is -4.49. The molecule has 0 bridgehead atoms. The lowest BCUT2D eigenvalue weighted by atomic mass is 10.1. The topological polar surface area (TPSA) is 49.4 Å². The molecule has 4 nitrogen and oxygen atoms in total. The van der Waals surface area contributed by atoms with Gasteiger partial charge in [0.1, 0.15) is 0 Å². The minimum Gasteiger partial charge on any atom is -0.322 e. The zero-order valence-corrected chi connectivity index (χ0v) is 15.4. The number of benzene rings is 3. The molecule has 0 atom stereocenters. The first-order chi connectivity index (χ1) is 13.8. The molecule has 2 amide bonds. The molecule has 0 heterocycles. The van der Waals surface area contributed by atoms with Crippen molar-refractivity contribution in [3.8, 4) is 0 Å². The molecular formula is C22H17F3N2O2. The Kier molecular flexibility index (Phi) is 5.68. The van der Waals surface area contributed by atoms with Gasteiger partial charge in [0.2, 0.25) is 0 Å². The molecule has 0 saturated carbocycles. The van der Waals surface area contributed by atoms with Crippen LogP contribution in [0.1, 0.15) is 26.3 Å². The number of rotatable bonds is 4. The van der Waals surface area contributed by atoms with Gasteiger partial charge in [0.25, 0.3) is 11.8 Å². The number of nitrogens with zero attached hydrogens (tertiary/aromatic N) is 1. The van der Waals surface area contributed by atoms with Gasteiger partial charge in [0, 0.05) is 29.5 Å². The molecular weight excluding hydrogens is 381 g/mol. The number of carbonyl (C=O) groups is 2. The highest BCUT2D eigenvalue weighted by molar-refractivity contribution is 6.08. The first kappa shape index (κ1) is 20.1. The van der Waals surface area contributed by atoms with E-state index in [0.29, 0.717) is 5.56 Å². The summed E-state index contributed by atoms with van der Waals surface area (Å²) in [5.41, 5.74) is 0.520. The zero-order chi connectivity index (χ0) is 21.0. The highest BCUT2D eigenvalue weighted by Gasteiger charge is 2.30. The van der Waals surface area contributed by atoms with Crippen molar-refractivity contribution in [1.29, 1.82) is 0 Å². The van der Waals surface area contributed by atoms with E-state index in [2.05, 4.69) is 5.32 Å². The minimum absolute atomic E-state index is 0.0359. The van der Waals surface area contributed by atoms with Crippen molar-refractivity contribution in [3.63, 3.8) is 0 Å². The van der Waals surface area contributed by atoms with E-state index >= 15 is 0 Å². The number of para-hydroxylation sites is 1. The summed E-state index contributed by atoms with van der Waals surface area (Å²) in [5.74, 6) is -0.819. The van der Waals surface area contributed by atoms with Gasteiger partial charge < -0.3 is 10.2 Å². The third kappa shape index (κ3) is 4.82. The molecule has 148 valence electrons. The molecule has 0 saturated heterocycles. The minimum atomic E-state index is -4.49. The summed E-state index contributed by atoms with van der Waals surface area (Å²) in [4.78, 5) is 26.4. The lowest BCUT2D eigenvalue weighted by Gasteiger charge is -2.17. The van der Waals surface area contributed by atoms with Gasteiger partial charge in [0.05, 0.1) is 5.56 Å². The number of alkyl halides is 3. The van der Waals surface area contributed by atoms with Crippen LogP contribution in [0.5, 0.6) is 0 Å². The molecule has 3 rings (SSSR count). The maximum atomic E-state index is 12.8. The van der Waals surface area contributed by atoms with E-state index in [-0.39, 0.29) is 17.2 Å². The molecule has 3 aromatic rings. The van der Waals surface area contributed by atoms with Gasteiger partial charge >= 0.3 is 6.18 Å². The standard InChI is InChI=1S/C22H17F3N2O2/c1-27(19-8-3-2-4-9-19)21(29)16-12-10-15(11-13-16)20(28)26-18-7-5-6-17(14-18)22(23,24)25/h2-14H,1H3,(H,26,28). The average molecular weight is 398 g/mol. The van der Waals surface area contributed by atoms with Crippen molar-refractivity contribution in [2.45, 2.75) is 6.18 Å². The van der Waals surface area contributed by atoms with Gasteiger partial charge in [-0.1, -0.05) is 24.3 Å². The average Bonchev–Trinajstić information content (AvgIpc) is 2.73. The van der Waals surface area contributed by atoms with Crippen LogP contribution >= 0.6 is 0 Å². The van der Waals surface area contributed by atoms with Crippen molar-refractivity contribution < 1.29 is 22.8 Å². The second-order valence-corrected chi connectivity index (χ2v) is 6.31. The quantitative estimate of drug-likeness (QED) is 0.654. The van der Waals surface area contributed by atoms with Crippen LogP contribution in [0.15, 0.2) is 78.9 Å². The predicted octanol–water partition coefficient (Wildman–Crippen LogP) is 5.23. The van der Waals surface area contributed by atoms with Crippen LogP contribution in [-0.4, -0.2) is 18.9 Å². The normalized spacial score (nSPS) is 11.0. The van der Waals surface area contributed by atoms with E-state index in [1.165, 1.54) is 41.3 Å². The highest BCUT2D eigenvalue weighted by Crippen LogP contribution is 2.30. The van der Waals surface area contributed by atoms with Gasteiger partial charge in [-0.25, -0.2) is 0 Å². The predicted molar refractivity (Wildman–Crippen MR) is 105 cm³/mol. The molecule has 7 heteroatoms. The monoisotopic (exact) mass is 398 g/mol. The summed E-state index contributed by atoms with van der Waals surface area (Å²) >= 11 is 0. The molecule has 0 aliphatic carbocycles. The van der Waals surface area contributed by atoms with Crippen LogP contribution in [0, 0.1) is 0 Å². The Morgan fingerprint density at radius 2 is 1.45 bits per heavy atom. The SMILES string of the molecule is CN(C(=O)c1ccc(C(=O)Nc2cccc(C(F)(F)F)c2)cc1)c1ccccc1. The van der Waals surface area contributed by atoms with Crippen molar-refractivity contribution in [3.05, 3.63) is 95.6 Å². The first-order valence-electron chi connectivity index (χ1n) is 8.67. The molecule has 0 spiro atoms. The fraction of sp³-hybridized carbons (Fsp3) is 0.0909. The van der Waals surface area contributed by atoms with Crippen molar-refractivity contribution in [2.75, 3.05) is 17.3 Å². The lowest BCUT2D eigenvalue weighted by Crippen LogP contribution is -2.26. The first-order valence-corrected chi connectivity index (χ1v) is 8.67. The van der Waals surface area contributed by atoms with Crippen LogP contribution in [0.2, 0.25) is 0 Å². The second kappa shape index (κ2) is 8.18. The summed E-state index contributed by atoms with van der Waals surface area (Å²) in [6, 6.07) is 19.4. The fourth-order valence-electron chi connectivity index (χ4n) is 2.70.